The predicted octanol–water partition coefficient (Wildman–Crippen LogP) is 5.03. The summed E-state index contributed by atoms with van der Waals surface area (Å²) in [6.45, 7) is 13.5. The lowest BCUT2D eigenvalue weighted by atomic mass is 10.1. The second-order valence-corrected chi connectivity index (χ2v) is 3.66. The molecule has 0 bridgehead atoms. The van der Waals surface area contributed by atoms with E-state index >= 15 is 0 Å². The molecule has 0 radical (unpaired) electrons. The molecule has 0 amide bonds. The summed E-state index contributed by atoms with van der Waals surface area (Å²) >= 11 is 5.81. The molecule has 0 rings (SSSR count). The molecule has 0 unspecified atom stereocenters. The molecule has 2 heteroatoms. The maximum atomic E-state index is 10.3. The number of carbonyl (C=O) groups excluding carboxylic acids is 1. The number of allylic oxidation sites excluding steroid dienone is 4. The molecular formula is C14H23ClO. The monoisotopic (exact) mass is 242 g/mol. The first-order chi connectivity index (χ1) is 7.61. The molecule has 0 aromatic rings. The Morgan fingerprint density at radius 2 is 1.81 bits per heavy atom. The van der Waals surface area contributed by atoms with Crippen molar-refractivity contribution < 1.29 is 4.79 Å². The summed E-state index contributed by atoms with van der Waals surface area (Å²) in [5, 5.41) is 0.390. The molecule has 0 aromatic carbocycles. The van der Waals surface area contributed by atoms with Crippen molar-refractivity contribution in [1.82, 2.24) is 0 Å². The van der Waals surface area contributed by atoms with Crippen molar-refractivity contribution in [2.24, 2.45) is 0 Å². The van der Waals surface area contributed by atoms with Gasteiger partial charge in [-0.3, -0.25) is 4.79 Å². The summed E-state index contributed by atoms with van der Waals surface area (Å²) < 4.78 is 0. The van der Waals surface area contributed by atoms with Crippen LogP contribution in [-0.2, 0) is 4.79 Å². The Bertz CT molecular complexity index is 251. The smallest absolute Gasteiger partial charge is 0.150 e. The van der Waals surface area contributed by atoms with Crippen LogP contribution in [0.1, 0.15) is 46.5 Å². The lowest BCUT2D eigenvalue weighted by Crippen LogP contribution is -1.84. The molecule has 0 spiro atoms. The van der Waals surface area contributed by atoms with Gasteiger partial charge in [-0.1, -0.05) is 63.9 Å². The maximum absolute atomic E-state index is 10.3. The Kier molecular flexibility index (Phi) is 13.5. The highest BCUT2D eigenvalue weighted by Crippen LogP contribution is 2.16. The van der Waals surface area contributed by atoms with Crippen molar-refractivity contribution in [2.45, 2.75) is 46.5 Å². The van der Waals surface area contributed by atoms with Crippen LogP contribution in [0.5, 0.6) is 0 Å². The standard InChI is InChI=1S/C12H17ClO.C2H6/c1-4-5-6-7-10(2)8-12(13)11(3)9-14;1-2/h8-9H,2-7H2,1H3;1-2H3/b12-8+;. The van der Waals surface area contributed by atoms with Crippen LogP contribution in [0.2, 0.25) is 0 Å². The van der Waals surface area contributed by atoms with Crippen molar-refractivity contribution >= 4 is 17.9 Å². The van der Waals surface area contributed by atoms with Gasteiger partial charge in [-0.2, -0.15) is 0 Å². The van der Waals surface area contributed by atoms with Gasteiger partial charge in [-0.25, -0.2) is 0 Å². The predicted molar refractivity (Wildman–Crippen MR) is 73.8 cm³/mol. The third kappa shape index (κ3) is 9.72. The molecule has 0 N–H and O–H groups in total. The minimum Gasteiger partial charge on any atom is -0.298 e. The van der Waals surface area contributed by atoms with Crippen LogP contribution in [-0.4, -0.2) is 6.29 Å². The van der Waals surface area contributed by atoms with Crippen LogP contribution in [0.4, 0.5) is 0 Å². The summed E-state index contributed by atoms with van der Waals surface area (Å²) in [6, 6.07) is 0. The zero-order valence-corrected chi connectivity index (χ0v) is 11.4. The largest absolute Gasteiger partial charge is 0.298 e. The third-order valence-corrected chi connectivity index (χ3v) is 2.23. The number of aldehydes is 1. The number of halogens is 1. The van der Waals surface area contributed by atoms with Gasteiger partial charge in [0.2, 0.25) is 0 Å². The van der Waals surface area contributed by atoms with Gasteiger partial charge in [-0.15, -0.1) is 0 Å². The topological polar surface area (TPSA) is 17.1 Å². The van der Waals surface area contributed by atoms with E-state index in [1.54, 1.807) is 6.08 Å². The molecule has 0 aliphatic rings. The van der Waals surface area contributed by atoms with Crippen LogP contribution in [0.25, 0.3) is 0 Å². The van der Waals surface area contributed by atoms with Gasteiger partial charge >= 0.3 is 0 Å². The molecule has 16 heavy (non-hydrogen) atoms. The van der Waals surface area contributed by atoms with Gasteiger partial charge < -0.3 is 0 Å². The van der Waals surface area contributed by atoms with Crippen molar-refractivity contribution in [1.29, 1.82) is 0 Å². The number of carbonyl (C=O) groups is 1. The number of unbranched alkanes of at least 4 members (excludes halogenated alkanes) is 2. The summed E-state index contributed by atoms with van der Waals surface area (Å²) in [6.07, 6.45) is 6.79. The van der Waals surface area contributed by atoms with Crippen LogP contribution in [0, 0.1) is 0 Å². The minimum absolute atomic E-state index is 0.309. The van der Waals surface area contributed by atoms with Crippen LogP contribution >= 0.6 is 11.6 Å². The Balaban J connectivity index is 0. The molecule has 0 heterocycles. The quantitative estimate of drug-likeness (QED) is 0.265. The second-order valence-electron chi connectivity index (χ2n) is 3.25. The van der Waals surface area contributed by atoms with E-state index in [0.717, 1.165) is 18.4 Å². The minimum atomic E-state index is 0.309. The summed E-state index contributed by atoms with van der Waals surface area (Å²) in [5.74, 6) is 0. The third-order valence-electron chi connectivity index (χ3n) is 1.88. The van der Waals surface area contributed by atoms with Gasteiger partial charge in [0.05, 0.1) is 5.03 Å². The van der Waals surface area contributed by atoms with Crippen molar-refractivity contribution in [3.63, 3.8) is 0 Å². The SMILES string of the molecule is C=C(/C=C(/Cl)C(=C)C=O)CCCCC.CC. The van der Waals surface area contributed by atoms with Crippen LogP contribution in [0.3, 0.4) is 0 Å². The van der Waals surface area contributed by atoms with E-state index in [4.69, 9.17) is 11.6 Å². The molecule has 92 valence electrons. The normalized spacial score (nSPS) is 10.1. The first-order valence-electron chi connectivity index (χ1n) is 5.81. The lowest BCUT2D eigenvalue weighted by molar-refractivity contribution is -0.104. The molecule has 0 aliphatic heterocycles. The van der Waals surface area contributed by atoms with E-state index in [9.17, 15) is 4.79 Å². The van der Waals surface area contributed by atoms with Crippen LogP contribution < -0.4 is 0 Å². The zero-order chi connectivity index (χ0) is 13.0. The Labute approximate surface area is 105 Å². The van der Waals surface area contributed by atoms with Gasteiger partial charge in [0.25, 0.3) is 0 Å². The molecule has 0 saturated heterocycles. The fourth-order valence-electron chi connectivity index (χ4n) is 1.00. The van der Waals surface area contributed by atoms with E-state index in [2.05, 4.69) is 20.1 Å². The summed E-state index contributed by atoms with van der Waals surface area (Å²) in [4.78, 5) is 10.3. The van der Waals surface area contributed by atoms with E-state index in [-0.39, 0.29) is 0 Å². The van der Waals surface area contributed by atoms with E-state index in [0.29, 0.717) is 16.9 Å². The fraction of sp³-hybridized carbons (Fsp3) is 0.500. The van der Waals surface area contributed by atoms with Gasteiger partial charge in [0, 0.05) is 5.57 Å². The van der Waals surface area contributed by atoms with Gasteiger partial charge in [0.15, 0.2) is 6.29 Å². The summed E-state index contributed by atoms with van der Waals surface area (Å²) in [7, 11) is 0. The van der Waals surface area contributed by atoms with Gasteiger partial charge in [-0.05, 0) is 18.9 Å². The number of rotatable bonds is 7. The molecule has 0 aromatic heterocycles. The Morgan fingerprint density at radius 1 is 1.25 bits per heavy atom. The number of hydrogen-bond donors (Lipinski definition) is 0. The second kappa shape index (κ2) is 12.3. The van der Waals surface area contributed by atoms with Crippen molar-refractivity contribution in [3.8, 4) is 0 Å². The van der Waals surface area contributed by atoms with Crippen molar-refractivity contribution in [3.05, 3.63) is 35.4 Å². The fourth-order valence-corrected chi connectivity index (χ4v) is 1.20. The highest BCUT2D eigenvalue weighted by molar-refractivity contribution is 6.34. The summed E-state index contributed by atoms with van der Waals surface area (Å²) in [5.41, 5.74) is 1.26. The van der Waals surface area contributed by atoms with Crippen LogP contribution in [0.15, 0.2) is 35.4 Å². The molecule has 0 fully saturated rings. The van der Waals surface area contributed by atoms with Crippen molar-refractivity contribution in [2.75, 3.05) is 0 Å². The Morgan fingerprint density at radius 3 is 2.25 bits per heavy atom. The molecule has 0 atom stereocenters. The first-order valence-corrected chi connectivity index (χ1v) is 6.19. The lowest BCUT2D eigenvalue weighted by Gasteiger charge is -2.00. The zero-order valence-electron chi connectivity index (χ0n) is 10.7. The highest BCUT2D eigenvalue weighted by Gasteiger charge is 1.98. The number of hydrogen-bond acceptors (Lipinski definition) is 1. The highest BCUT2D eigenvalue weighted by atomic mass is 35.5. The molecular weight excluding hydrogens is 220 g/mol. The van der Waals surface area contributed by atoms with E-state index < -0.39 is 0 Å². The molecule has 1 nitrogen and oxygen atoms in total. The van der Waals surface area contributed by atoms with E-state index in [1.807, 2.05) is 13.8 Å². The average molecular weight is 243 g/mol. The first kappa shape index (κ1) is 17.6. The van der Waals surface area contributed by atoms with Gasteiger partial charge in [0.1, 0.15) is 0 Å². The molecule has 0 aliphatic carbocycles. The Hall–Kier alpha value is -0.820. The molecule has 0 saturated carbocycles. The maximum Gasteiger partial charge on any atom is 0.150 e. The average Bonchev–Trinajstić information content (AvgIpc) is 2.30. The van der Waals surface area contributed by atoms with E-state index in [1.165, 1.54) is 12.8 Å².